The zero-order chi connectivity index (χ0) is 15.5. The van der Waals surface area contributed by atoms with Crippen LogP contribution in [-0.2, 0) is 0 Å². The fraction of sp³-hybridized carbons (Fsp3) is 0.412. The SMILES string of the molecule is CN(C)CC1CCN(C(=O)c2ccccc2-n2cccn2)C1. The van der Waals surface area contributed by atoms with Crippen molar-refractivity contribution in [2.75, 3.05) is 33.7 Å². The Morgan fingerprint density at radius 3 is 2.86 bits per heavy atom. The maximum absolute atomic E-state index is 12.9. The summed E-state index contributed by atoms with van der Waals surface area (Å²) in [7, 11) is 4.16. The monoisotopic (exact) mass is 298 g/mol. The Morgan fingerprint density at radius 2 is 2.14 bits per heavy atom. The van der Waals surface area contributed by atoms with Crippen LogP contribution < -0.4 is 0 Å². The maximum Gasteiger partial charge on any atom is 0.256 e. The summed E-state index contributed by atoms with van der Waals surface area (Å²) in [6.45, 7) is 2.71. The molecule has 1 fully saturated rings. The number of para-hydroxylation sites is 1. The summed E-state index contributed by atoms with van der Waals surface area (Å²) in [5.74, 6) is 0.670. The van der Waals surface area contributed by atoms with Gasteiger partial charge in [0.05, 0.1) is 11.3 Å². The second-order valence-electron chi connectivity index (χ2n) is 6.14. The molecule has 0 spiro atoms. The molecule has 2 aromatic rings. The van der Waals surface area contributed by atoms with Crippen LogP contribution in [0.25, 0.3) is 5.69 Å². The molecule has 3 rings (SSSR count). The van der Waals surface area contributed by atoms with Gasteiger partial charge >= 0.3 is 0 Å². The van der Waals surface area contributed by atoms with Crippen LogP contribution in [0, 0.1) is 5.92 Å². The number of likely N-dealkylation sites (tertiary alicyclic amines) is 1. The van der Waals surface area contributed by atoms with E-state index in [1.54, 1.807) is 10.9 Å². The zero-order valence-corrected chi connectivity index (χ0v) is 13.1. The molecule has 1 saturated heterocycles. The molecule has 0 bridgehead atoms. The number of hydrogen-bond donors (Lipinski definition) is 0. The smallest absolute Gasteiger partial charge is 0.256 e. The van der Waals surface area contributed by atoms with Gasteiger partial charge in [-0.15, -0.1) is 0 Å². The van der Waals surface area contributed by atoms with Crippen molar-refractivity contribution in [1.82, 2.24) is 19.6 Å². The van der Waals surface area contributed by atoms with Crippen LogP contribution in [-0.4, -0.2) is 59.2 Å². The average molecular weight is 298 g/mol. The Hall–Kier alpha value is -2.14. The summed E-state index contributed by atoms with van der Waals surface area (Å²) in [6, 6.07) is 9.54. The molecule has 1 aliphatic heterocycles. The lowest BCUT2D eigenvalue weighted by molar-refractivity contribution is 0.0785. The normalized spacial score (nSPS) is 18.1. The summed E-state index contributed by atoms with van der Waals surface area (Å²) in [5.41, 5.74) is 1.56. The van der Waals surface area contributed by atoms with Gasteiger partial charge in [-0.25, -0.2) is 4.68 Å². The minimum atomic E-state index is 0.104. The van der Waals surface area contributed by atoms with Crippen molar-refractivity contribution in [2.45, 2.75) is 6.42 Å². The fourth-order valence-electron chi connectivity index (χ4n) is 3.12. The van der Waals surface area contributed by atoms with Crippen LogP contribution in [0.4, 0.5) is 0 Å². The van der Waals surface area contributed by atoms with Crippen LogP contribution in [0.15, 0.2) is 42.7 Å². The lowest BCUT2D eigenvalue weighted by Crippen LogP contribution is -2.31. The van der Waals surface area contributed by atoms with Gasteiger partial charge < -0.3 is 9.80 Å². The van der Waals surface area contributed by atoms with E-state index < -0.39 is 0 Å². The number of carbonyl (C=O) groups excluding carboxylic acids is 1. The molecular formula is C17H22N4O. The predicted octanol–water partition coefficient (Wildman–Crippen LogP) is 1.90. The van der Waals surface area contributed by atoms with Gasteiger partial charge in [-0.05, 0) is 44.6 Å². The van der Waals surface area contributed by atoms with Crippen LogP contribution >= 0.6 is 0 Å². The number of aromatic nitrogens is 2. The summed E-state index contributed by atoms with van der Waals surface area (Å²) in [6.07, 6.45) is 4.67. The van der Waals surface area contributed by atoms with Gasteiger partial charge in [0.1, 0.15) is 0 Å². The quantitative estimate of drug-likeness (QED) is 0.865. The largest absolute Gasteiger partial charge is 0.338 e. The summed E-state index contributed by atoms with van der Waals surface area (Å²) < 4.78 is 1.75. The number of benzene rings is 1. The van der Waals surface area contributed by atoms with Gasteiger partial charge in [0, 0.05) is 32.0 Å². The standard InChI is InChI=1S/C17H22N4O/c1-19(2)12-14-8-11-20(13-14)17(22)15-6-3-4-7-16(15)21-10-5-9-18-21/h3-7,9-10,14H,8,11-13H2,1-2H3. The molecule has 1 atom stereocenters. The third kappa shape index (κ3) is 3.04. The third-order valence-corrected chi connectivity index (χ3v) is 4.08. The highest BCUT2D eigenvalue weighted by molar-refractivity contribution is 5.97. The van der Waals surface area contributed by atoms with Crippen molar-refractivity contribution in [3.05, 3.63) is 48.3 Å². The van der Waals surface area contributed by atoms with Crippen molar-refractivity contribution < 1.29 is 4.79 Å². The number of nitrogens with zero attached hydrogens (tertiary/aromatic N) is 4. The highest BCUT2D eigenvalue weighted by Gasteiger charge is 2.28. The summed E-state index contributed by atoms with van der Waals surface area (Å²) in [4.78, 5) is 17.0. The van der Waals surface area contributed by atoms with E-state index in [1.165, 1.54) is 0 Å². The van der Waals surface area contributed by atoms with Gasteiger partial charge in [0.25, 0.3) is 5.91 Å². The van der Waals surface area contributed by atoms with E-state index in [1.807, 2.05) is 41.4 Å². The number of amides is 1. The van der Waals surface area contributed by atoms with E-state index in [9.17, 15) is 4.79 Å². The highest BCUT2D eigenvalue weighted by Crippen LogP contribution is 2.22. The Kier molecular flexibility index (Phi) is 4.24. The Balaban J connectivity index is 1.79. The van der Waals surface area contributed by atoms with Crippen LogP contribution in [0.2, 0.25) is 0 Å². The molecule has 1 unspecified atom stereocenters. The highest BCUT2D eigenvalue weighted by atomic mass is 16.2. The minimum absolute atomic E-state index is 0.104. The molecular weight excluding hydrogens is 276 g/mol. The minimum Gasteiger partial charge on any atom is -0.338 e. The number of carbonyl (C=O) groups is 1. The molecule has 5 heteroatoms. The first-order chi connectivity index (χ1) is 10.6. The third-order valence-electron chi connectivity index (χ3n) is 4.08. The van der Waals surface area contributed by atoms with Crippen molar-refractivity contribution in [3.8, 4) is 5.69 Å². The van der Waals surface area contributed by atoms with Crippen molar-refractivity contribution in [3.63, 3.8) is 0 Å². The average Bonchev–Trinajstić information content (AvgIpc) is 3.17. The molecule has 1 aliphatic rings. The zero-order valence-electron chi connectivity index (χ0n) is 13.1. The fourth-order valence-corrected chi connectivity index (χ4v) is 3.12. The first kappa shape index (κ1) is 14.8. The maximum atomic E-state index is 12.9. The second kappa shape index (κ2) is 6.32. The van der Waals surface area contributed by atoms with E-state index in [4.69, 9.17) is 0 Å². The molecule has 1 amide bonds. The van der Waals surface area contributed by atoms with Crippen LogP contribution in [0.1, 0.15) is 16.8 Å². The van der Waals surface area contributed by atoms with Crippen molar-refractivity contribution in [2.24, 2.45) is 5.92 Å². The Labute approximate surface area is 131 Å². The predicted molar refractivity (Wildman–Crippen MR) is 86.1 cm³/mol. The van der Waals surface area contributed by atoms with Crippen molar-refractivity contribution in [1.29, 1.82) is 0 Å². The molecule has 2 heterocycles. The molecule has 1 aromatic carbocycles. The molecule has 22 heavy (non-hydrogen) atoms. The summed E-state index contributed by atoms with van der Waals surface area (Å²) in [5, 5.41) is 4.25. The first-order valence-corrected chi connectivity index (χ1v) is 7.68. The van der Waals surface area contributed by atoms with Crippen molar-refractivity contribution >= 4 is 5.91 Å². The summed E-state index contributed by atoms with van der Waals surface area (Å²) >= 11 is 0. The van der Waals surface area contributed by atoms with Crippen LogP contribution in [0.3, 0.4) is 0 Å². The molecule has 0 radical (unpaired) electrons. The second-order valence-corrected chi connectivity index (χ2v) is 6.14. The first-order valence-electron chi connectivity index (χ1n) is 7.68. The molecule has 5 nitrogen and oxygen atoms in total. The van der Waals surface area contributed by atoms with E-state index in [-0.39, 0.29) is 5.91 Å². The number of rotatable bonds is 4. The van der Waals surface area contributed by atoms with Gasteiger partial charge in [-0.2, -0.15) is 5.10 Å². The lowest BCUT2D eigenvalue weighted by atomic mass is 10.1. The van der Waals surface area contributed by atoms with Gasteiger partial charge in [0.2, 0.25) is 0 Å². The Bertz CT molecular complexity index is 636. The van der Waals surface area contributed by atoms with Gasteiger partial charge in [-0.1, -0.05) is 12.1 Å². The molecule has 0 saturated carbocycles. The Morgan fingerprint density at radius 1 is 1.32 bits per heavy atom. The number of hydrogen-bond acceptors (Lipinski definition) is 3. The molecule has 116 valence electrons. The molecule has 0 aliphatic carbocycles. The molecule has 1 aromatic heterocycles. The lowest BCUT2D eigenvalue weighted by Gasteiger charge is -2.20. The van der Waals surface area contributed by atoms with Crippen LogP contribution in [0.5, 0.6) is 0 Å². The van der Waals surface area contributed by atoms with E-state index in [0.29, 0.717) is 5.92 Å². The van der Waals surface area contributed by atoms with E-state index >= 15 is 0 Å². The van der Waals surface area contributed by atoms with Gasteiger partial charge in [-0.3, -0.25) is 4.79 Å². The topological polar surface area (TPSA) is 41.4 Å². The molecule has 0 N–H and O–H groups in total. The van der Waals surface area contributed by atoms with E-state index in [0.717, 1.165) is 37.3 Å². The van der Waals surface area contributed by atoms with Gasteiger partial charge in [0.15, 0.2) is 0 Å². The van der Waals surface area contributed by atoms with E-state index in [2.05, 4.69) is 24.1 Å².